The van der Waals surface area contributed by atoms with E-state index in [1.54, 1.807) is 0 Å². The molecule has 3 rings (SSSR count). The molecule has 30 heavy (non-hydrogen) atoms. The predicted molar refractivity (Wildman–Crippen MR) is 133 cm³/mol. The van der Waals surface area contributed by atoms with E-state index in [1.165, 1.54) is 39.3 Å². The zero-order valence-corrected chi connectivity index (χ0v) is 20.5. The van der Waals surface area contributed by atoms with Gasteiger partial charge in [-0.15, -0.1) is 0 Å². The summed E-state index contributed by atoms with van der Waals surface area (Å²) in [5, 5.41) is 0. The largest absolute Gasteiger partial charge is 0.327 e. The van der Waals surface area contributed by atoms with Crippen molar-refractivity contribution in [2.75, 3.05) is 16.5 Å². The molecule has 2 nitrogen and oxygen atoms in total. The fourth-order valence-corrected chi connectivity index (χ4v) is 4.65. The first kappa shape index (κ1) is 22.5. The molecule has 1 aliphatic rings. The number of para-hydroxylation sites is 2. The van der Waals surface area contributed by atoms with Crippen LogP contribution in [0.1, 0.15) is 108 Å². The number of rotatable bonds is 6. The predicted octanol–water partition coefficient (Wildman–Crippen LogP) is 8.33. The van der Waals surface area contributed by atoms with Crippen LogP contribution in [-0.2, 0) is 0 Å². The van der Waals surface area contributed by atoms with Crippen LogP contribution in [0.3, 0.4) is 0 Å². The number of anilines is 2. The zero-order chi connectivity index (χ0) is 22.2. The Balaban J connectivity index is 2.12. The second-order valence-corrected chi connectivity index (χ2v) is 10.00. The molecule has 1 heterocycles. The van der Waals surface area contributed by atoms with Crippen LogP contribution < -0.4 is 9.80 Å². The minimum atomic E-state index is 0.495. The van der Waals surface area contributed by atoms with Gasteiger partial charge in [-0.2, -0.15) is 0 Å². The molecule has 0 aliphatic carbocycles. The second kappa shape index (κ2) is 8.88. The Morgan fingerprint density at radius 2 is 0.967 bits per heavy atom. The van der Waals surface area contributed by atoms with Gasteiger partial charge in [0, 0.05) is 23.3 Å². The highest BCUT2D eigenvalue weighted by molar-refractivity contribution is 5.72. The van der Waals surface area contributed by atoms with Crippen LogP contribution in [0.2, 0.25) is 0 Å². The van der Waals surface area contributed by atoms with Gasteiger partial charge in [0.15, 0.2) is 0 Å². The third-order valence-corrected chi connectivity index (χ3v) is 6.30. The third-order valence-electron chi connectivity index (χ3n) is 6.30. The van der Waals surface area contributed by atoms with Gasteiger partial charge in [0.25, 0.3) is 0 Å². The second-order valence-electron chi connectivity index (χ2n) is 10.00. The van der Waals surface area contributed by atoms with Gasteiger partial charge in [-0.1, -0.05) is 91.8 Å². The maximum atomic E-state index is 2.53. The van der Waals surface area contributed by atoms with Crippen LogP contribution >= 0.6 is 0 Å². The normalized spacial score (nSPS) is 14.6. The van der Waals surface area contributed by atoms with E-state index in [0.717, 1.165) is 6.67 Å². The topological polar surface area (TPSA) is 6.48 Å². The lowest BCUT2D eigenvalue weighted by atomic mass is 9.91. The Labute approximate surface area is 184 Å². The molecule has 0 aromatic heterocycles. The van der Waals surface area contributed by atoms with Crippen molar-refractivity contribution in [1.82, 2.24) is 0 Å². The first-order valence-corrected chi connectivity index (χ1v) is 11.6. The summed E-state index contributed by atoms with van der Waals surface area (Å²) in [6.45, 7) is 21.6. The van der Waals surface area contributed by atoms with Crippen LogP contribution in [-0.4, -0.2) is 6.67 Å². The van der Waals surface area contributed by atoms with Crippen molar-refractivity contribution in [3.05, 3.63) is 70.5 Å². The lowest BCUT2D eigenvalue weighted by molar-refractivity contribution is 0.799. The summed E-state index contributed by atoms with van der Waals surface area (Å²) in [5.41, 5.74) is 9.89. The SMILES string of the molecule is CC1=CN(c2c(C(C)C)cccc2C(C)C)CN1c1c(C(C)C)cccc1C(C)C. The molecule has 2 heteroatoms. The van der Waals surface area contributed by atoms with E-state index in [9.17, 15) is 0 Å². The number of nitrogens with zero attached hydrogens (tertiary/aromatic N) is 2. The molecule has 2 aromatic rings. The van der Waals surface area contributed by atoms with Gasteiger partial charge in [0.2, 0.25) is 0 Å². The van der Waals surface area contributed by atoms with Crippen LogP contribution in [0.5, 0.6) is 0 Å². The number of hydrogen-bond donors (Lipinski definition) is 0. The van der Waals surface area contributed by atoms with Gasteiger partial charge >= 0.3 is 0 Å². The van der Waals surface area contributed by atoms with E-state index in [2.05, 4.69) is 115 Å². The van der Waals surface area contributed by atoms with E-state index >= 15 is 0 Å². The van der Waals surface area contributed by atoms with Crippen LogP contribution in [0.4, 0.5) is 11.4 Å². The van der Waals surface area contributed by atoms with Gasteiger partial charge in [0.1, 0.15) is 0 Å². The Morgan fingerprint density at radius 1 is 0.600 bits per heavy atom. The molecule has 0 N–H and O–H groups in total. The van der Waals surface area contributed by atoms with E-state index in [1.807, 2.05) is 0 Å². The first-order valence-electron chi connectivity index (χ1n) is 11.6. The molecule has 0 saturated carbocycles. The number of benzene rings is 2. The summed E-state index contributed by atoms with van der Waals surface area (Å²) in [4.78, 5) is 5.02. The summed E-state index contributed by atoms with van der Waals surface area (Å²) in [6.07, 6.45) is 2.36. The summed E-state index contributed by atoms with van der Waals surface area (Å²) < 4.78 is 0. The van der Waals surface area contributed by atoms with E-state index < -0.39 is 0 Å². The molecular weight excluding hydrogens is 364 g/mol. The average Bonchev–Trinajstić information content (AvgIpc) is 3.07. The molecule has 162 valence electrons. The minimum Gasteiger partial charge on any atom is -0.327 e. The Morgan fingerprint density at radius 3 is 1.33 bits per heavy atom. The molecule has 0 amide bonds. The molecule has 0 saturated heterocycles. The van der Waals surface area contributed by atoms with Gasteiger partial charge < -0.3 is 9.80 Å². The highest BCUT2D eigenvalue weighted by Crippen LogP contribution is 2.42. The molecule has 2 aromatic carbocycles. The molecule has 0 spiro atoms. The summed E-state index contributed by atoms with van der Waals surface area (Å²) in [7, 11) is 0. The van der Waals surface area contributed by atoms with Crippen molar-refractivity contribution >= 4 is 11.4 Å². The van der Waals surface area contributed by atoms with Crippen molar-refractivity contribution in [3.8, 4) is 0 Å². The third kappa shape index (κ3) is 4.15. The highest BCUT2D eigenvalue weighted by Gasteiger charge is 2.29. The minimum absolute atomic E-state index is 0.495. The van der Waals surface area contributed by atoms with Crippen LogP contribution in [0, 0.1) is 0 Å². The standard InChI is InChI=1S/C28H40N2/c1-18(2)23-12-10-13-24(19(3)4)27(23)29-16-22(9)30(17-29)28-25(20(5)6)14-11-15-26(28)21(7)8/h10-16,18-21H,17H2,1-9H3. The van der Waals surface area contributed by atoms with Gasteiger partial charge in [-0.3, -0.25) is 0 Å². The average molecular weight is 405 g/mol. The Kier molecular flexibility index (Phi) is 6.65. The van der Waals surface area contributed by atoms with Crippen LogP contribution in [0.25, 0.3) is 0 Å². The van der Waals surface area contributed by atoms with Crippen molar-refractivity contribution < 1.29 is 0 Å². The fourth-order valence-electron chi connectivity index (χ4n) is 4.65. The Hall–Kier alpha value is -2.22. The summed E-state index contributed by atoms with van der Waals surface area (Å²) in [6, 6.07) is 13.7. The Bertz CT molecular complexity index is 866. The lowest BCUT2D eigenvalue weighted by Crippen LogP contribution is -2.29. The summed E-state index contributed by atoms with van der Waals surface area (Å²) >= 11 is 0. The van der Waals surface area contributed by atoms with Crippen molar-refractivity contribution in [3.63, 3.8) is 0 Å². The number of allylic oxidation sites excluding steroid dienone is 1. The van der Waals surface area contributed by atoms with Crippen LogP contribution in [0.15, 0.2) is 48.3 Å². The zero-order valence-electron chi connectivity index (χ0n) is 20.5. The van der Waals surface area contributed by atoms with Gasteiger partial charge in [0.05, 0.1) is 6.67 Å². The van der Waals surface area contributed by atoms with Crippen molar-refractivity contribution in [1.29, 1.82) is 0 Å². The molecular formula is C28H40N2. The number of hydrogen-bond acceptors (Lipinski definition) is 2. The molecule has 0 atom stereocenters. The molecule has 0 radical (unpaired) electrons. The van der Waals surface area contributed by atoms with Gasteiger partial charge in [-0.25, -0.2) is 0 Å². The molecule has 1 aliphatic heterocycles. The highest BCUT2D eigenvalue weighted by atomic mass is 15.4. The van der Waals surface area contributed by atoms with Gasteiger partial charge in [-0.05, 0) is 52.8 Å². The smallest absolute Gasteiger partial charge is 0.0992 e. The quantitative estimate of drug-likeness (QED) is 0.477. The molecule has 0 unspecified atom stereocenters. The van der Waals surface area contributed by atoms with Crippen molar-refractivity contribution in [2.24, 2.45) is 0 Å². The maximum absolute atomic E-state index is 2.53. The van der Waals surface area contributed by atoms with E-state index in [-0.39, 0.29) is 0 Å². The van der Waals surface area contributed by atoms with E-state index in [4.69, 9.17) is 0 Å². The van der Waals surface area contributed by atoms with E-state index in [0.29, 0.717) is 23.7 Å². The molecule has 0 bridgehead atoms. The molecule has 0 fully saturated rings. The monoisotopic (exact) mass is 404 g/mol. The first-order chi connectivity index (χ1) is 14.1. The lowest BCUT2D eigenvalue weighted by Gasteiger charge is -2.32. The summed E-state index contributed by atoms with van der Waals surface area (Å²) in [5.74, 6) is 1.98. The maximum Gasteiger partial charge on any atom is 0.0992 e. The fraction of sp³-hybridized carbons (Fsp3) is 0.500. The van der Waals surface area contributed by atoms with Crippen molar-refractivity contribution in [2.45, 2.75) is 86.0 Å².